The molecule has 0 saturated carbocycles. The fraction of sp³-hybridized carbons (Fsp3) is 0.227. The van der Waals surface area contributed by atoms with E-state index >= 15 is 0 Å². The molecule has 1 atom stereocenters. The minimum absolute atomic E-state index is 0.164. The van der Waals surface area contributed by atoms with Crippen LogP contribution in [0.4, 0.5) is 18.9 Å². The summed E-state index contributed by atoms with van der Waals surface area (Å²) in [7, 11) is 0. The van der Waals surface area contributed by atoms with Gasteiger partial charge in [0.05, 0.1) is 38.9 Å². The number of alkyl halides is 3. The normalized spacial score (nSPS) is 12.3. The van der Waals surface area contributed by atoms with Crippen molar-refractivity contribution in [3.63, 3.8) is 0 Å². The van der Waals surface area contributed by atoms with Gasteiger partial charge in [0, 0.05) is 0 Å². The van der Waals surface area contributed by atoms with E-state index in [1.807, 2.05) is 6.92 Å². The van der Waals surface area contributed by atoms with Crippen molar-refractivity contribution in [3.8, 4) is 5.69 Å². The highest BCUT2D eigenvalue weighted by Crippen LogP contribution is 2.34. The molecule has 0 saturated heterocycles. The number of anilines is 1. The van der Waals surface area contributed by atoms with Gasteiger partial charge in [0.2, 0.25) is 0 Å². The van der Waals surface area contributed by atoms with Gasteiger partial charge in [-0.2, -0.15) is 18.3 Å². The predicted molar refractivity (Wildman–Crippen MR) is 113 cm³/mol. The van der Waals surface area contributed by atoms with Crippen LogP contribution in [0.3, 0.4) is 0 Å². The average Bonchev–Trinajstić information content (AvgIpc) is 3.00. The number of aromatic nitrogens is 2. The van der Waals surface area contributed by atoms with Gasteiger partial charge in [-0.1, -0.05) is 23.7 Å². The van der Waals surface area contributed by atoms with Crippen LogP contribution in [-0.2, 0) is 15.7 Å². The smallest absolute Gasteiger partial charge is 0.418 e. The summed E-state index contributed by atoms with van der Waals surface area (Å²) in [5.74, 6) is -1.68. The highest BCUT2D eigenvalue weighted by atomic mass is 35.5. The van der Waals surface area contributed by atoms with E-state index in [1.165, 1.54) is 31.2 Å². The number of ether oxygens (including phenoxy) is 1. The number of amides is 1. The number of rotatable bonds is 5. The predicted octanol–water partition coefficient (Wildman–Crippen LogP) is 5.35. The van der Waals surface area contributed by atoms with Crippen molar-refractivity contribution >= 4 is 29.2 Å². The molecule has 0 radical (unpaired) electrons. The molecule has 32 heavy (non-hydrogen) atoms. The highest BCUT2D eigenvalue weighted by molar-refractivity contribution is 6.31. The van der Waals surface area contributed by atoms with E-state index < -0.39 is 35.4 Å². The maximum atomic E-state index is 13.1. The molecule has 168 valence electrons. The summed E-state index contributed by atoms with van der Waals surface area (Å²) in [4.78, 5) is 24.7. The number of hydrogen-bond donors (Lipinski definition) is 1. The second kappa shape index (κ2) is 9.04. The molecule has 0 spiro atoms. The maximum absolute atomic E-state index is 13.1. The van der Waals surface area contributed by atoms with E-state index in [2.05, 4.69) is 10.4 Å². The molecular formula is C22H19ClF3N3O3. The molecule has 1 N–H and O–H groups in total. The van der Waals surface area contributed by atoms with Gasteiger partial charge in [-0.15, -0.1) is 0 Å². The fourth-order valence-corrected chi connectivity index (χ4v) is 3.09. The van der Waals surface area contributed by atoms with Crippen molar-refractivity contribution in [2.24, 2.45) is 0 Å². The van der Waals surface area contributed by atoms with Crippen LogP contribution in [0.1, 0.15) is 34.2 Å². The molecule has 3 aromatic rings. The zero-order chi connectivity index (χ0) is 23.6. The standard InChI is InChI=1S/C22H19ClF3N3O3/c1-12-19(23)13(2)29(28-12)16-10-8-15(9-11-16)21(31)32-14(3)20(30)27-18-7-5-4-6-17(18)22(24,25)26/h4-11,14H,1-3H3,(H,27,30). The van der Waals surface area contributed by atoms with Gasteiger partial charge >= 0.3 is 12.1 Å². The first-order valence-electron chi connectivity index (χ1n) is 9.49. The number of aryl methyl sites for hydroxylation is 1. The van der Waals surface area contributed by atoms with Crippen LogP contribution in [-0.4, -0.2) is 27.8 Å². The lowest BCUT2D eigenvalue weighted by Crippen LogP contribution is -2.30. The summed E-state index contributed by atoms with van der Waals surface area (Å²) in [5.41, 5.74) is 0.830. The second-order valence-corrected chi connectivity index (χ2v) is 7.40. The molecule has 6 nitrogen and oxygen atoms in total. The Bertz CT molecular complexity index is 1160. The molecule has 2 aromatic carbocycles. The van der Waals surface area contributed by atoms with Gasteiger partial charge in [-0.3, -0.25) is 4.79 Å². The van der Waals surface area contributed by atoms with Crippen LogP contribution in [0.25, 0.3) is 5.69 Å². The second-order valence-electron chi connectivity index (χ2n) is 7.02. The molecule has 10 heteroatoms. The minimum Gasteiger partial charge on any atom is -0.449 e. The quantitative estimate of drug-likeness (QED) is 0.516. The Hall–Kier alpha value is -3.33. The van der Waals surface area contributed by atoms with E-state index in [1.54, 1.807) is 23.7 Å². The lowest BCUT2D eigenvalue weighted by Gasteiger charge is -2.17. The molecular weight excluding hydrogens is 447 g/mol. The van der Waals surface area contributed by atoms with Crippen LogP contribution in [0, 0.1) is 13.8 Å². The first-order valence-corrected chi connectivity index (χ1v) is 9.87. The van der Waals surface area contributed by atoms with E-state index in [9.17, 15) is 22.8 Å². The summed E-state index contributed by atoms with van der Waals surface area (Å²) in [6, 6.07) is 10.8. The number of halogens is 4. The molecule has 1 amide bonds. The molecule has 3 rings (SSSR count). The summed E-state index contributed by atoms with van der Waals surface area (Å²) < 4.78 is 46.0. The van der Waals surface area contributed by atoms with E-state index in [-0.39, 0.29) is 5.56 Å². The zero-order valence-corrected chi connectivity index (χ0v) is 18.1. The molecule has 1 aromatic heterocycles. The van der Waals surface area contributed by atoms with Gasteiger partial charge in [0.15, 0.2) is 6.10 Å². The number of hydrogen-bond acceptors (Lipinski definition) is 4. The Morgan fingerprint density at radius 2 is 1.72 bits per heavy atom. The summed E-state index contributed by atoms with van der Waals surface area (Å²) in [5, 5.41) is 7.03. The van der Waals surface area contributed by atoms with Crippen LogP contribution < -0.4 is 5.32 Å². The molecule has 0 fully saturated rings. The molecule has 0 bridgehead atoms. The summed E-state index contributed by atoms with van der Waals surface area (Å²) >= 11 is 6.15. The number of nitrogens with zero attached hydrogens (tertiary/aromatic N) is 2. The summed E-state index contributed by atoms with van der Waals surface area (Å²) in [6.45, 7) is 4.86. The average molecular weight is 466 g/mol. The zero-order valence-electron chi connectivity index (χ0n) is 17.3. The van der Waals surface area contributed by atoms with Crippen LogP contribution in [0.15, 0.2) is 48.5 Å². The first kappa shape index (κ1) is 23.3. The van der Waals surface area contributed by atoms with Crippen molar-refractivity contribution < 1.29 is 27.5 Å². The Balaban J connectivity index is 1.68. The lowest BCUT2D eigenvalue weighted by molar-refractivity contribution is -0.137. The van der Waals surface area contributed by atoms with E-state index in [0.29, 0.717) is 16.4 Å². The van der Waals surface area contributed by atoms with Crippen molar-refractivity contribution in [2.75, 3.05) is 5.32 Å². The number of nitrogens with one attached hydrogen (secondary N) is 1. The topological polar surface area (TPSA) is 73.2 Å². The molecule has 0 aliphatic heterocycles. The van der Waals surface area contributed by atoms with Crippen molar-refractivity contribution in [1.82, 2.24) is 9.78 Å². The van der Waals surface area contributed by atoms with Crippen molar-refractivity contribution in [1.29, 1.82) is 0 Å². The van der Waals surface area contributed by atoms with Crippen LogP contribution in [0.2, 0.25) is 5.02 Å². The van der Waals surface area contributed by atoms with Crippen LogP contribution >= 0.6 is 11.6 Å². The molecule has 1 heterocycles. The minimum atomic E-state index is -4.64. The Morgan fingerprint density at radius 1 is 1.09 bits per heavy atom. The summed E-state index contributed by atoms with van der Waals surface area (Å²) in [6.07, 6.45) is -5.96. The molecule has 1 unspecified atom stereocenters. The first-order chi connectivity index (χ1) is 15.0. The Morgan fingerprint density at radius 3 is 2.28 bits per heavy atom. The van der Waals surface area contributed by atoms with E-state index in [4.69, 9.17) is 16.3 Å². The van der Waals surface area contributed by atoms with Crippen molar-refractivity contribution in [3.05, 3.63) is 76.1 Å². The maximum Gasteiger partial charge on any atom is 0.418 e. The Labute approximate surface area is 186 Å². The lowest BCUT2D eigenvalue weighted by atomic mass is 10.1. The number of para-hydroxylation sites is 1. The van der Waals surface area contributed by atoms with Gasteiger partial charge in [-0.25, -0.2) is 9.48 Å². The number of carbonyl (C=O) groups is 2. The monoisotopic (exact) mass is 465 g/mol. The Kier molecular flexibility index (Phi) is 6.59. The van der Waals surface area contributed by atoms with Crippen LogP contribution in [0.5, 0.6) is 0 Å². The fourth-order valence-electron chi connectivity index (χ4n) is 2.97. The van der Waals surface area contributed by atoms with E-state index in [0.717, 1.165) is 17.8 Å². The largest absolute Gasteiger partial charge is 0.449 e. The third-order valence-electron chi connectivity index (χ3n) is 4.69. The van der Waals surface area contributed by atoms with Gasteiger partial charge < -0.3 is 10.1 Å². The third-order valence-corrected chi connectivity index (χ3v) is 5.24. The number of benzene rings is 2. The highest BCUT2D eigenvalue weighted by Gasteiger charge is 2.34. The van der Waals surface area contributed by atoms with Gasteiger partial charge in [-0.05, 0) is 57.2 Å². The van der Waals surface area contributed by atoms with Gasteiger partial charge in [0.25, 0.3) is 5.91 Å². The number of carbonyl (C=O) groups excluding carboxylic acids is 2. The van der Waals surface area contributed by atoms with Gasteiger partial charge in [0.1, 0.15) is 0 Å². The number of esters is 1. The molecule has 0 aliphatic rings. The SMILES string of the molecule is Cc1nn(-c2ccc(C(=O)OC(C)C(=O)Nc3ccccc3C(F)(F)F)cc2)c(C)c1Cl. The van der Waals surface area contributed by atoms with Crippen molar-refractivity contribution in [2.45, 2.75) is 33.1 Å². The third kappa shape index (κ3) is 4.94. The molecule has 0 aliphatic carbocycles.